The summed E-state index contributed by atoms with van der Waals surface area (Å²) in [4.78, 5) is 1.03. The Hall–Kier alpha value is -0.190. The van der Waals surface area contributed by atoms with Gasteiger partial charge in [-0.25, -0.2) is 4.39 Å². The Morgan fingerprint density at radius 2 is 2.00 bits per heavy atom. The first kappa shape index (κ1) is 11.3. The van der Waals surface area contributed by atoms with E-state index >= 15 is 0 Å². The van der Waals surface area contributed by atoms with Crippen LogP contribution < -0.4 is 0 Å². The zero-order valence-electron chi connectivity index (χ0n) is 7.58. The molecule has 0 N–H and O–H groups in total. The summed E-state index contributed by atoms with van der Waals surface area (Å²) in [5.41, 5.74) is 0.659. The van der Waals surface area contributed by atoms with Crippen LogP contribution in [0.25, 0.3) is 0 Å². The maximum atomic E-state index is 13.8. The van der Waals surface area contributed by atoms with Crippen LogP contribution in [0, 0.1) is 5.82 Å². The number of hydrogen-bond donors (Lipinski definition) is 0. The quantitative estimate of drug-likeness (QED) is 0.659. The van der Waals surface area contributed by atoms with Crippen molar-refractivity contribution in [3.8, 4) is 0 Å². The molecule has 0 fully saturated rings. The highest BCUT2D eigenvalue weighted by molar-refractivity contribution is 9.10. The van der Waals surface area contributed by atoms with Crippen LogP contribution in [0.2, 0.25) is 0 Å². The van der Waals surface area contributed by atoms with Gasteiger partial charge in [-0.2, -0.15) is 0 Å². The van der Waals surface area contributed by atoms with Crippen LogP contribution >= 0.6 is 43.2 Å². The number of benzene rings is 1. The molecule has 0 radical (unpaired) electrons. The molecular weight excluding hydrogens is 343 g/mol. The molecular formula is C11H7Br2FS. The van der Waals surface area contributed by atoms with Crippen LogP contribution in [0.4, 0.5) is 4.39 Å². The average molecular weight is 350 g/mol. The van der Waals surface area contributed by atoms with E-state index in [0.29, 0.717) is 10.0 Å². The van der Waals surface area contributed by atoms with Gasteiger partial charge in [-0.15, -0.1) is 11.3 Å². The molecule has 1 unspecified atom stereocenters. The lowest BCUT2D eigenvalue weighted by molar-refractivity contribution is 0.607. The molecule has 0 saturated carbocycles. The van der Waals surface area contributed by atoms with E-state index in [-0.39, 0.29) is 10.6 Å². The Balaban J connectivity index is 2.42. The van der Waals surface area contributed by atoms with Gasteiger partial charge in [-0.05, 0) is 33.4 Å². The molecule has 1 heterocycles. The second-order valence-electron chi connectivity index (χ2n) is 3.02. The van der Waals surface area contributed by atoms with Gasteiger partial charge in [0.2, 0.25) is 0 Å². The topological polar surface area (TPSA) is 0 Å². The van der Waals surface area contributed by atoms with Crippen molar-refractivity contribution in [1.29, 1.82) is 0 Å². The van der Waals surface area contributed by atoms with E-state index in [2.05, 4.69) is 31.9 Å². The number of thiophene rings is 1. The summed E-state index contributed by atoms with van der Waals surface area (Å²) in [6, 6.07) is 9.28. The molecule has 0 spiro atoms. The van der Waals surface area contributed by atoms with Crippen molar-refractivity contribution in [3.05, 3.63) is 56.4 Å². The number of alkyl halides is 1. The predicted octanol–water partition coefficient (Wildman–Crippen LogP) is 5.13. The Labute approximate surface area is 108 Å². The van der Waals surface area contributed by atoms with Gasteiger partial charge in [-0.1, -0.05) is 34.1 Å². The van der Waals surface area contributed by atoms with Crippen molar-refractivity contribution < 1.29 is 4.39 Å². The first-order valence-electron chi connectivity index (χ1n) is 4.31. The second-order valence-corrected chi connectivity index (χ2v) is 5.77. The summed E-state index contributed by atoms with van der Waals surface area (Å²) in [7, 11) is 0. The molecule has 0 amide bonds. The Morgan fingerprint density at radius 1 is 1.20 bits per heavy atom. The second kappa shape index (κ2) is 4.76. The molecule has 0 nitrogen and oxygen atoms in total. The molecule has 0 saturated heterocycles. The van der Waals surface area contributed by atoms with Crippen molar-refractivity contribution >= 4 is 43.2 Å². The zero-order chi connectivity index (χ0) is 10.8. The largest absolute Gasteiger partial charge is 0.205 e. The van der Waals surface area contributed by atoms with Gasteiger partial charge in [0.1, 0.15) is 5.82 Å². The van der Waals surface area contributed by atoms with Gasteiger partial charge in [0.25, 0.3) is 0 Å². The summed E-state index contributed by atoms with van der Waals surface area (Å²) in [5, 5.41) is 1.99. The molecule has 15 heavy (non-hydrogen) atoms. The Bertz CT molecular complexity index is 454. The lowest BCUT2D eigenvalue weighted by Gasteiger charge is -2.09. The third-order valence-corrected chi connectivity index (χ3v) is 4.89. The lowest BCUT2D eigenvalue weighted by atomic mass is 10.1. The monoisotopic (exact) mass is 348 g/mol. The summed E-state index contributed by atoms with van der Waals surface area (Å²) in [6.45, 7) is 0. The number of rotatable bonds is 2. The predicted molar refractivity (Wildman–Crippen MR) is 69.2 cm³/mol. The van der Waals surface area contributed by atoms with E-state index < -0.39 is 0 Å². The SMILES string of the molecule is Fc1c(Br)cccc1C(Br)c1cccs1. The molecule has 0 aliphatic carbocycles. The Kier molecular flexibility index (Phi) is 3.59. The van der Waals surface area contributed by atoms with Gasteiger partial charge in [0.05, 0.1) is 9.30 Å². The summed E-state index contributed by atoms with van der Waals surface area (Å²) in [6.07, 6.45) is 0. The van der Waals surface area contributed by atoms with Gasteiger partial charge < -0.3 is 0 Å². The molecule has 1 aromatic heterocycles. The van der Waals surface area contributed by atoms with E-state index in [1.54, 1.807) is 23.5 Å². The number of halogens is 3. The Morgan fingerprint density at radius 3 is 2.67 bits per heavy atom. The molecule has 0 aliphatic heterocycles. The van der Waals surface area contributed by atoms with E-state index in [9.17, 15) is 4.39 Å². The molecule has 2 aromatic rings. The highest BCUT2D eigenvalue weighted by atomic mass is 79.9. The van der Waals surface area contributed by atoms with E-state index in [0.717, 1.165) is 4.88 Å². The zero-order valence-corrected chi connectivity index (χ0v) is 11.6. The van der Waals surface area contributed by atoms with Crippen LogP contribution in [0.5, 0.6) is 0 Å². The number of hydrogen-bond acceptors (Lipinski definition) is 1. The minimum atomic E-state index is -0.201. The van der Waals surface area contributed by atoms with Crippen LogP contribution in [0.15, 0.2) is 40.2 Å². The molecule has 0 bridgehead atoms. The molecule has 0 aliphatic rings. The highest BCUT2D eigenvalue weighted by Crippen LogP contribution is 2.36. The van der Waals surface area contributed by atoms with Crippen molar-refractivity contribution in [2.24, 2.45) is 0 Å². The highest BCUT2D eigenvalue weighted by Gasteiger charge is 2.16. The van der Waals surface area contributed by atoms with Crippen molar-refractivity contribution in [3.63, 3.8) is 0 Å². The minimum Gasteiger partial charge on any atom is -0.205 e. The summed E-state index contributed by atoms with van der Waals surface area (Å²) < 4.78 is 14.3. The smallest absolute Gasteiger partial charge is 0.142 e. The van der Waals surface area contributed by atoms with Gasteiger partial charge in [-0.3, -0.25) is 0 Å². The van der Waals surface area contributed by atoms with E-state index in [4.69, 9.17) is 0 Å². The fourth-order valence-corrected chi connectivity index (χ4v) is 3.23. The van der Waals surface area contributed by atoms with Crippen LogP contribution in [-0.4, -0.2) is 0 Å². The third kappa shape index (κ3) is 2.32. The van der Waals surface area contributed by atoms with Gasteiger partial charge >= 0.3 is 0 Å². The van der Waals surface area contributed by atoms with Crippen LogP contribution in [-0.2, 0) is 0 Å². The van der Waals surface area contributed by atoms with Crippen LogP contribution in [0.1, 0.15) is 15.3 Å². The average Bonchev–Trinajstić information content (AvgIpc) is 2.74. The maximum absolute atomic E-state index is 13.8. The molecule has 1 atom stereocenters. The fourth-order valence-electron chi connectivity index (χ4n) is 1.30. The van der Waals surface area contributed by atoms with Crippen molar-refractivity contribution in [1.82, 2.24) is 0 Å². The molecule has 4 heteroatoms. The summed E-state index contributed by atoms with van der Waals surface area (Å²) in [5.74, 6) is -0.201. The van der Waals surface area contributed by atoms with E-state index in [1.807, 2.05) is 23.6 Å². The standard InChI is InChI=1S/C11H7Br2FS/c12-8-4-1-3-7(11(8)14)10(13)9-5-2-6-15-9/h1-6,10H. The minimum absolute atomic E-state index is 0.0741. The first-order valence-corrected chi connectivity index (χ1v) is 6.90. The fraction of sp³-hybridized carbons (Fsp3) is 0.0909. The normalized spacial score (nSPS) is 12.7. The lowest BCUT2D eigenvalue weighted by Crippen LogP contribution is -1.94. The molecule has 2 rings (SSSR count). The summed E-state index contributed by atoms with van der Waals surface area (Å²) >= 11 is 8.30. The van der Waals surface area contributed by atoms with E-state index in [1.165, 1.54) is 0 Å². The molecule has 78 valence electrons. The van der Waals surface area contributed by atoms with Crippen molar-refractivity contribution in [2.45, 2.75) is 4.83 Å². The van der Waals surface area contributed by atoms with Gasteiger partial charge in [0.15, 0.2) is 0 Å². The molecule has 1 aromatic carbocycles. The van der Waals surface area contributed by atoms with Crippen LogP contribution in [0.3, 0.4) is 0 Å². The van der Waals surface area contributed by atoms with Gasteiger partial charge in [0, 0.05) is 10.4 Å². The first-order chi connectivity index (χ1) is 7.20. The third-order valence-electron chi connectivity index (χ3n) is 2.05. The maximum Gasteiger partial charge on any atom is 0.142 e. The van der Waals surface area contributed by atoms with Crippen molar-refractivity contribution in [2.75, 3.05) is 0 Å².